The highest BCUT2D eigenvalue weighted by atomic mass is 35.5. The SMILES string of the molecule is CC.COc1ccc(F)cc1-c1nn(SF)c2nc(Cl)ccc12. The highest BCUT2D eigenvalue weighted by Gasteiger charge is 2.18. The molecule has 0 fully saturated rings. The molecule has 0 aliphatic heterocycles. The fourth-order valence-electron chi connectivity index (χ4n) is 2.06. The number of hydrogen-bond donors (Lipinski definition) is 0. The van der Waals surface area contributed by atoms with Crippen molar-refractivity contribution in [1.82, 2.24) is 14.2 Å². The lowest BCUT2D eigenvalue weighted by Crippen LogP contribution is -1.91. The maximum Gasteiger partial charge on any atom is 0.189 e. The molecule has 0 radical (unpaired) electrons. The number of pyridine rings is 1. The van der Waals surface area contributed by atoms with Crippen LogP contribution in [0.4, 0.5) is 8.28 Å². The summed E-state index contributed by atoms with van der Waals surface area (Å²) in [5.74, 6) is -0.00918. The Kier molecular flexibility index (Phi) is 5.79. The predicted molar refractivity (Wildman–Crippen MR) is 89.9 cm³/mol. The number of benzene rings is 1. The lowest BCUT2D eigenvalue weighted by Gasteiger charge is -2.06. The normalized spacial score (nSPS) is 10.3. The maximum atomic E-state index is 13.5. The van der Waals surface area contributed by atoms with Crippen molar-refractivity contribution >= 4 is 35.0 Å². The molecule has 0 aliphatic carbocycles. The Morgan fingerprint density at radius 3 is 2.61 bits per heavy atom. The van der Waals surface area contributed by atoms with Crippen LogP contribution >= 0.6 is 23.9 Å². The summed E-state index contributed by atoms with van der Waals surface area (Å²) in [5, 5.41) is 4.87. The summed E-state index contributed by atoms with van der Waals surface area (Å²) in [5.41, 5.74) is 1.05. The van der Waals surface area contributed by atoms with Crippen LogP contribution in [0.5, 0.6) is 5.75 Å². The minimum Gasteiger partial charge on any atom is -0.496 e. The molecule has 0 aliphatic rings. The van der Waals surface area contributed by atoms with E-state index in [0.717, 1.165) is 4.09 Å². The van der Waals surface area contributed by atoms with E-state index in [9.17, 15) is 8.28 Å². The van der Waals surface area contributed by atoms with Crippen LogP contribution in [-0.2, 0) is 0 Å². The molecule has 0 atom stereocenters. The largest absolute Gasteiger partial charge is 0.496 e. The van der Waals surface area contributed by atoms with Gasteiger partial charge < -0.3 is 4.74 Å². The second-order valence-corrected chi connectivity index (χ2v) is 5.01. The molecule has 122 valence electrons. The minimum atomic E-state index is -0.441. The van der Waals surface area contributed by atoms with Gasteiger partial charge in [-0.05, 0) is 30.3 Å². The average Bonchev–Trinajstić information content (AvgIpc) is 2.94. The van der Waals surface area contributed by atoms with Crippen molar-refractivity contribution in [2.45, 2.75) is 13.8 Å². The highest BCUT2D eigenvalue weighted by molar-refractivity contribution is 7.92. The molecule has 23 heavy (non-hydrogen) atoms. The second kappa shape index (κ2) is 7.61. The number of hydrogen-bond acceptors (Lipinski definition) is 4. The number of aromatic nitrogens is 3. The predicted octanol–water partition coefficient (Wildman–Crippen LogP) is 5.31. The van der Waals surface area contributed by atoms with Crippen molar-refractivity contribution in [2.75, 3.05) is 7.11 Å². The first kappa shape index (κ1) is 17.5. The van der Waals surface area contributed by atoms with E-state index in [4.69, 9.17) is 16.3 Å². The molecule has 0 bridgehead atoms. The van der Waals surface area contributed by atoms with Crippen molar-refractivity contribution in [2.24, 2.45) is 0 Å². The molecule has 4 nitrogen and oxygen atoms in total. The van der Waals surface area contributed by atoms with E-state index in [-0.39, 0.29) is 23.1 Å². The van der Waals surface area contributed by atoms with Crippen LogP contribution in [0.2, 0.25) is 5.15 Å². The Labute approximate surface area is 141 Å². The zero-order valence-electron chi connectivity index (χ0n) is 12.7. The maximum absolute atomic E-state index is 13.5. The van der Waals surface area contributed by atoms with Crippen molar-refractivity contribution < 1.29 is 13.0 Å². The van der Waals surface area contributed by atoms with E-state index in [0.29, 0.717) is 22.4 Å². The summed E-state index contributed by atoms with van der Waals surface area (Å²) in [6.07, 6.45) is 0. The number of nitrogens with zero attached hydrogens (tertiary/aromatic N) is 3. The molecule has 2 heterocycles. The van der Waals surface area contributed by atoms with Crippen molar-refractivity contribution in [3.05, 3.63) is 41.3 Å². The second-order valence-electron chi connectivity index (χ2n) is 4.14. The monoisotopic (exact) mass is 357 g/mol. The van der Waals surface area contributed by atoms with E-state index >= 15 is 0 Å². The van der Waals surface area contributed by atoms with Gasteiger partial charge in [0.1, 0.15) is 22.4 Å². The lowest BCUT2D eigenvalue weighted by atomic mass is 10.1. The number of rotatable bonds is 3. The summed E-state index contributed by atoms with van der Waals surface area (Å²) in [7, 11) is 1.47. The fourth-order valence-corrected chi connectivity index (χ4v) is 2.52. The fraction of sp³-hybridized carbons (Fsp3) is 0.200. The Bertz CT molecular complexity index is 826. The molecule has 3 aromatic rings. The Morgan fingerprint density at radius 1 is 1.22 bits per heavy atom. The summed E-state index contributed by atoms with van der Waals surface area (Å²) in [6, 6.07) is 7.27. The van der Waals surface area contributed by atoms with Crippen LogP contribution in [0.3, 0.4) is 0 Å². The number of methoxy groups -OCH3 is 1. The zero-order chi connectivity index (χ0) is 17.0. The van der Waals surface area contributed by atoms with Crippen molar-refractivity contribution in [3.8, 4) is 17.0 Å². The van der Waals surface area contributed by atoms with Crippen molar-refractivity contribution in [1.29, 1.82) is 0 Å². The van der Waals surface area contributed by atoms with Crippen LogP contribution in [0.1, 0.15) is 13.8 Å². The molecule has 0 unspecified atom stereocenters. The number of fused-ring (bicyclic) bond motifs is 1. The summed E-state index contributed by atoms with van der Waals surface area (Å²) in [4.78, 5) is 4.04. The van der Waals surface area contributed by atoms with Crippen LogP contribution in [0, 0.1) is 5.82 Å². The van der Waals surface area contributed by atoms with Gasteiger partial charge in [0.25, 0.3) is 0 Å². The van der Waals surface area contributed by atoms with Crippen LogP contribution in [0.15, 0.2) is 30.3 Å². The number of halogens is 3. The molecule has 8 heteroatoms. The first-order valence-corrected chi connectivity index (χ1v) is 7.87. The Morgan fingerprint density at radius 2 is 1.96 bits per heavy atom. The van der Waals surface area contributed by atoms with Gasteiger partial charge in [0, 0.05) is 10.9 Å². The third-order valence-corrected chi connectivity index (χ3v) is 3.55. The molecular weight excluding hydrogens is 344 g/mol. The molecule has 0 saturated heterocycles. The van der Waals surface area contributed by atoms with E-state index < -0.39 is 5.82 Å². The first-order chi connectivity index (χ1) is 11.1. The van der Waals surface area contributed by atoms with E-state index in [1.807, 2.05) is 13.8 Å². The smallest absolute Gasteiger partial charge is 0.189 e. The molecule has 3 rings (SSSR count). The van der Waals surface area contributed by atoms with Gasteiger partial charge in [0.05, 0.1) is 7.11 Å². The van der Waals surface area contributed by atoms with E-state index in [1.54, 1.807) is 12.1 Å². The molecule has 0 saturated carbocycles. The van der Waals surface area contributed by atoms with E-state index in [2.05, 4.69) is 10.1 Å². The van der Waals surface area contributed by atoms with Crippen LogP contribution in [0.25, 0.3) is 22.3 Å². The van der Waals surface area contributed by atoms with Gasteiger partial charge in [-0.25, -0.2) is 9.37 Å². The summed E-state index contributed by atoms with van der Waals surface area (Å²) < 4.78 is 32.7. The quantitative estimate of drug-likeness (QED) is 0.596. The summed E-state index contributed by atoms with van der Waals surface area (Å²) >= 11 is 5.71. The topological polar surface area (TPSA) is 39.9 Å². The zero-order valence-corrected chi connectivity index (χ0v) is 14.3. The van der Waals surface area contributed by atoms with Gasteiger partial charge >= 0.3 is 0 Å². The van der Waals surface area contributed by atoms with Crippen LogP contribution < -0.4 is 4.74 Å². The molecule has 0 N–H and O–H groups in total. The average molecular weight is 358 g/mol. The lowest BCUT2D eigenvalue weighted by molar-refractivity contribution is 0.415. The van der Waals surface area contributed by atoms with Gasteiger partial charge in [0.2, 0.25) is 0 Å². The third-order valence-electron chi connectivity index (χ3n) is 2.95. The van der Waals surface area contributed by atoms with Gasteiger partial charge in [0.15, 0.2) is 18.0 Å². The molecule has 0 spiro atoms. The third kappa shape index (κ3) is 3.40. The molecule has 2 aromatic heterocycles. The van der Waals surface area contributed by atoms with Gasteiger partial charge in [-0.2, -0.15) is 9.19 Å². The molecule has 1 aromatic carbocycles. The standard InChI is InChI=1S/C13H8ClF2N3OS.C2H6/c1-20-10-4-2-7(15)6-9(10)12-8-3-5-11(14)17-13(8)19(18-12)21-16;1-2/h2-6H,1H3;1-2H3. The molecule has 0 amide bonds. The molecular formula is C15H14ClF2N3OS. The first-order valence-electron chi connectivity index (χ1n) is 6.82. The summed E-state index contributed by atoms with van der Waals surface area (Å²) in [6.45, 7) is 4.00. The van der Waals surface area contributed by atoms with E-state index in [1.165, 1.54) is 25.3 Å². The van der Waals surface area contributed by atoms with Gasteiger partial charge in [-0.15, -0.1) is 3.89 Å². The van der Waals surface area contributed by atoms with Gasteiger partial charge in [-0.3, -0.25) is 0 Å². The highest BCUT2D eigenvalue weighted by Crippen LogP contribution is 2.36. The van der Waals surface area contributed by atoms with Gasteiger partial charge in [-0.1, -0.05) is 25.4 Å². The number of ether oxygens (including phenoxy) is 1. The Hall–Kier alpha value is -1.86. The Balaban J connectivity index is 0.000000924. The van der Waals surface area contributed by atoms with Crippen LogP contribution in [-0.4, -0.2) is 21.3 Å². The minimum absolute atomic E-state index is 0.110. The van der Waals surface area contributed by atoms with Crippen molar-refractivity contribution in [3.63, 3.8) is 0 Å².